The van der Waals surface area contributed by atoms with E-state index in [1.165, 1.54) is 17.7 Å². The van der Waals surface area contributed by atoms with E-state index in [9.17, 15) is 4.39 Å². The molecule has 122 valence electrons. The lowest BCUT2D eigenvalue weighted by Gasteiger charge is -2.10. The molecule has 0 saturated carbocycles. The van der Waals surface area contributed by atoms with Crippen LogP contribution in [0.2, 0.25) is 5.02 Å². The fourth-order valence-electron chi connectivity index (χ4n) is 1.89. The third-order valence-electron chi connectivity index (χ3n) is 3.02. The Balaban J connectivity index is 1.56. The lowest BCUT2D eigenvalue weighted by Crippen LogP contribution is -2.29. The third-order valence-corrected chi connectivity index (χ3v) is 4.63. The summed E-state index contributed by atoms with van der Waals surface area (Å²) in [6.45, 7) is 0.786. The summed E-state index contributed by atoms with van der Waals surface area (Å²) >= 11 is 12.9. The maximum absolute atomic E-state index is 13.1. The summed E-state index contributed by atoms with van der Waals surface area (Å²) in [7, 11) is 0. The van der Waals surface area contributed by atoms with Crippen molar-refractivity contribution < 1.29 is 4.39 Å². The maximum atomic E-state index is 13.1. The number of halogens is 2. The number of hydrogen-bond acceptors (Lipinski definition) is 2. The van der Waals surface area contributed by atoms with Crippen molar-refractivity contribution in [2.75, 3.05) is 17.6 Å². The smallest absolute Gasteiger partial charge is 0.170 e. The number of benzene rings is 2. The van der Waals surface area contributed by atoms with Crippen molar-refractivity contribution in [3.8, 4) is 0 Å². The van der Waals surface area contributed by atoms with Gasteiger partial charge in [0.25, 0.3) is 0 Å². The first-order valence-corrected chi connectivity index (χ1v) is 9.20. The van der Waals surface area contributed by atoms with Crippen molar-refractivity contribution in [2.45, 2.75) is 12.2 Å². The van der Waals surface area contributed by atoms with Gasteiger partial charge in [-0.15, -0.1) is 0 Å². The van der Waals surface area contributed by atoms with Gasteiger partial charge in [-0.3, -0.25) is 0 Å². The Hall–Kier alpha value is -1.30. The number of thioether (sulfide) groups is 1. The lowest BCUT2D eigenvalue weighted by molar-refractivity contribution is 0.628. The second-order valence-electron chi connectivity index (χ2n) is 4.92. The van der Waals surface area contributed by atoms with E-state index in [2.05, 4.69) is 10.6 Å². The number of thiocarbonyl (C=S) groups is 1. The number of rotatable bonds is 7. The van der Waals surface area contributed by atoms with Gasteiger partial charge < -0.3 is 10.6 Å². The van der Waals surface area contributed by atoms with Crippen molar-refractivity contribution in [2.24, 2.45) is 0 Å². The van der Waals surface area contributed by atoms with Gasteiger partial charge in [0.1, 0.15) is 5.82 Å². The first-order valence-electron chi connectivity index (χ1n) is 7.26. The minimum absolute atomic E-state index is 0.281. The molecule has 2 rings (SSSR count). The van der Waals surface area contributed by atoms with Crippen LogP contribution < -0.4 is 10.6 Å². The molecule has 0 heterocycles. The molecule has 0 aliphatic rings. The topological polar surface area (TPSA) is 24.1 Å². The molecular formula is C17H18ClFN2S2. The molecule has 0 amide bonds. The molecule has 0 saturated heterocycles. The summed E-state index contributed by atoms with van der Waals surface area (Å²) in [6.07, 6.45) is 1.00. The summed E-state index contributed by atoms with van der Waals surface area (Å²) in [5.41, 5.74) is 1.93. The second kappa shape index (κ2) is 9.75. The van der Waals surface area contributed by atoms with Crippen LogP contribution in [0, 0.1) is 5.82 Å². The molecule has 2 N–H and O–H groups in total. The Kier molecular flexibility index (Phi) is 7.65. The fourth-order valence-corrected chi connectivity index (χ4v) is 3.16. The summed E-state index contributed by atoms with van der Waals surface area (Å²) < 4.78 is 13.1. The van der Waals surface area contributed by atoms with Crippen molar-refractivity contribution in [1.29, 1.82) is 0 Å². The predicted molar refractivity (Wildman–Crippen MR) is 103 cm³/mol. The van der Waals surface area contributed by atoms with Crippen molar-refractivity contribution in [3.05, 3.63) is 64.9 Å². The van der Waals surface area contributed by atoms with Crippen LogP contribution in [0.15, 0.2) is 48.5 Å². The number of anilines is 1. The highest BCUT2D eigenvalue weighted by Gasteiger charge is 1.99. The molecule has 0 aliphatic heterocycles. The zero-order valence-corrected chi connectivity index (χ0v) is 14.9. The second-order valence-corrected chi connectivity index (χ2v) is 6.87. The average Bonchev–Trinajstić information content (AvgIpc) is 2.52. The first-order chi connectivity index (χ1) is 11.1. The monoisotopic (exact) mass is 368 g/mol. The number of nitrogens with one attached hydrogen (secondary N) is 2. The molecular weight excluding hydrogens is 351 g/mol. The molecule has 6 heteroatoms. The molecule has 0 aliphatic carbocycles. The van der Waals surface area contributed by atoms with Crippen LogP contribution in [-0.2, 0) is 5.75 Å². The molecule has 2 nitrogen and oxygen atoms in total. The molecule has 0 fully saturated rings. The molecule has 0 unspecified atom stereocenters. The van der Waals surface area contributed by atoms with Gasteiger partial charge in [-0.2, -0.15) is 11.8 Å². The quantitative estimate of drug-likeness (QED) is 0.525. The van der Waals surface area contributed by atoms with Crippen molar-refractivity contribution in [1.82, 2.24) is 5.32 Å². The fraction of sp³-hybridized carbons (Fsp3) is 0.235. The Morgan fingerprint density at radius 1 is 1.17 bits per heavy atom. The van der Waals surface area contributed by atoms with E-state index in [1.807, 2.05) is 36.0 Å². The number of hydrogen-bond donors (Lipinski definition) is 2. The summed E-state index contributed by atoms with van der Waals surface area (Å²) in [4.78, 5) is 0. The van der Waals surface area contributed by atoms with Gasteiger partial charge in [0.15, 0.2) is 5.11 Å². The summed E-state index contributed by atoms with van der Waals surface area (Å²) in [5.74, 6) is 1.73. The minimum atomic E-state index is -0.281. The van der Waals surface area contributed by atoms with Crippen LogP contribution >= 0.6 is 35.6 Å². The SMILES string of the molecule is Fc1cccc(NC(=S)NCCCSCc2ccc(Cl)cc2)c1. The maximum Gasteiger partial charge on any atom is 0.170 e. The van der Waals surface area contributed by atoms with Crippen LogP contribution in [0.3, 0.4) is 0 Å². The lowest BCUT2D eigenvalue weighted by atomic mass is 10.2. The Morgan fingerprint density at radius 2 is 1.96 bits per heavy atom. The van der Waals surface area contributed by atoms with Crippen LogP contribution in [0.1, 0.15) is 12.0 Å². The molecule has 23 heavy (non-hydrogen) atoms. The van der Waals surface area contributed by atoms with Gasteiger partial charge in [-0.25, -0.2) is 4.39 Å². The Labute approximate surface area is 150 Å². The van der Waals surface area contributed by atoms with Crippen LogP contribution in [-0.4, -0.2) is 17.4 Å². The highest BCUT2D eigenvalue weighted by Crippen LogP contribution is 2.15. The van der Waals surface area contributed by atoms with Crippen molar-refractivity contribution in [3.63, 3.8) is 0 Å². The molecule has 0 radical (unpaired) electrons. The van der Waals surface area contributed by atoms with Gasteiger partial charge >= 0.3 is 0 Å². The highest BCUT2D eigenvalue weighted by atomic mass is 35.5. The Bertz CT molecular complexity index is 635. The van der Waals surface area contributed by atoms with Gasteiger partial charge in [-0.05, 0) is 60.3 Å². The predicted octanol–water partition coefficient (Wildman–Crippen LogP) is 5.09. The van der Waals surface area contributed by atoms with E-state index in [0.29, 0.717) is 10.8 Å². The summed E-state index contributed by atoms with van der Waals surface area (Å²) in [6, 6.07) is 14.2. The normalized spacial score (nSPS) is 10.3. The molecule has 0 atom stereocenters. The molecule has 0 aromatic heterocycles. The van der Waals surface area contributed by atoms with E-state index in [4.69, 9.17) is 23.8 Å². The zero-order chi connectivity index (χ0) is 16.5. The van der Waals surface area contributed by atoms with Gasteiger partial charge in [0.2, 0.25) is 0 Å². The van der Waals surface area contributed by atoms with E-state index in [0.717, 1.165) is 29.5 Å². The van der Waals surface area contributed by atoms with Crippen LogP contribution in [0.25, 0.3) is 0 Å². The van der Waals surface area contributed by atoms with E-state index in [1.54, 1.807) is 12.1 Å². The summed E-state index contributed by atoms with van der Waals surface area (Å²) in [5, 5.41) is 7.37. The highest BCUT2D eigenvalue weighted by molar-refractivity contribution is 7.98. The zero-order valence-electron chi connectivity index (χ0n) is 12.5. The van der Waals surface area contributed by atoms with E-state index in [-0.39, 0.29) is 5.82 Å². The average molecular weight is 369 g/mol. The molecule has 2 aromatic carbocycles. The molecule has 0 bridgehead atoms. The first kappa shape index (κ1) is 18.0. The van der Waals surface area contributed by atoms with Gasteiger partial charge in [-0.1, -0.05) is 29.8 Å². The third kappa shape index (κ3) is 7.20. The van der Waals surface area contributed by atoms with Crippen LogP contribution in [0.4, 0.5) is 10.1 Å². The van der Waals surface area contributed by atoms with Gasteiger partial charge in [0, 0.05) is 23.0 Å². The standard InChI is InChI=1S/C17H18ClFN2S2/c18-14-7-5-13(6-8-14)12-23-10-2-9-20-17(22)21-16-4-1-3-15(19)11-16/h1,3-8,11H,2,9-10,12H2,(H2,20,21,22). The van der Waals surface area contributed by atoms with E-state index < -0.39 is 0 Å². The molecule has 2 aromatic rings. The van der Waals surface area contributed by atoms with Gasteiger partial charge in [0.05, 0.1) is 0 Å². The largest absolute Gasteiger partial charge is 0.362 e. The van der Waals surface area contributed by atoms with E-state index >= 15 is 0 Å². The minimum Gasteiger partial charge on any atom is -0.362 e. The van der Waals surface area contributed by atoms with Crippen LogP contribution in [0.5, 0.6) is 0 Å². The Morgan fingerprint density at radius 3 is 2.70 bits per heavy atom. The van der Waals surface area contributed by atoms with Crippen molar-refractivity contribution >= 4 is 46.4 Å². The molecule has 0 spiro atoms.